The molecule has 0 aliphatic carbocycles. The second-order valence-corrected chi connectivity index (χ2v) is 5.18. The van der Waals surface area contributed by atoms with Crippen LogP contribution in [0.1, 0.15) is 5.76 Å². The molecular formula is C10H11NO3S. The highest BCUT2D eigenvalue weighted by molar-refractivity contribution is 7.88. The number of hydrogen-bond donors (Lipinski definition) is 1. The number of benzene rings is 1. The fourth-order valence-corrected chi connectivity index (χ4v) is 1.73. The first-order chi connectivity index (χ1) is 7.04. The zero-order chi connectivity index (χ0) is 10.9. The summed E-state index contributed by atoms with van der Waals surface area (Å²) in [6, 6.07) is 9.38. The fraction of sp³-hybridized carbons (Fsp3) is 0.200. The number of rotatable bonds is 3. The third kappa shape index (κ3) is 2.57. The van der Waals surface area contributed by atoms with Crippen LogP contribution in [0.15, 0.2) is 34.7 Å². The van der Waals surface area contributed by atoms with Gasteiger partial charge in [-0.2, -0.15) is 0 Å². The summed E-state index contributed by atoms with van der Waals surface area (Å²) in [6.07, 6.45) is 1.12. The average molecular weight is 225 g/mol. The van der Waals surface area contributed by atoms with Crippen molar-refractivity contribution in [3.63, 3.8) is 0 Å². The van der Waals surface area contributed by atoms with Crippen LogP contribution in [0, 0.1) is 0 Å². The molecule has 1 N–H and O–H groups in total. The van der Waals surface area contributed by atoms with E-state index >= 15 is 0 Å². The van der Waals surface area contributed by atoms with Crippen molar-refractivity contribution in [3.8, 4) is 0 Å². The summed E-state index contributed by atoms with van der Waals surface area (Å²) in [6.45, 7) is 0.188. The van der Waals surface area contributed by atoms with Gasteiger partial charge in [-0.15, -0.1) is 0 Å². The van der Waals surface area contributed by atoms with Gasteiger partial charge in [-0.1, -0.05) is 18.2 Å². The minimum atomic E-state index is -3.17. The van der Waals surface area contributed by atoms with E-state index < -0.39 is 10.0 Å². The number of hydrogen-bond acceptors (Lipinski definition) is 3. The van der Waals surface area contributed by atoms with Crippen LogP contribution in [0.2, 0.25) is 0 Å². The van der Waals surface area contributed by atoms with E-state index in [2.05, 4.69) is 4.72 Å². The van der Waals surface area contributed by atoms with Gasteiger partial charge in [0.15, 0.2) is 0 Å². The molecule has 1 aromatic heterocycles. The number of nitrogens with one attached hydrogen (secondary N) is 1. The summed E-state index contributed by atoms with van der Waals surface area (Å²) in [5.74, 6) is 0.613. The lowest BCUT2D eigenvalue weighted by molar-refractivity contribution is 0.531. The molecule has 0 amide bonds. The van der Waals surface area contributed by atoms with Crippen molar-refractivity contribution in [1.29, 1.82) is 0 Å². The SMILES string of the molecule is CS(=O)(=O)NCc1cc2ccccc2o1. The van der Waals surface area contributed by atoms with Crippen molar-refractivity contribution in [2.75, 3.05) is 6.26 Å². The molecule has 0 aliphatic rings. The Bertz CT molecular complexity index is 538. The Kier molecular flexibility index (Phi) is 2.50. The van der Waals surface area contributed by atoms with Crippen LogP contribution < -0.4 is 4.72 Å². The van der Waals surface area contributed by atoms with E-state index in [1.54, 1.807) is 0 Å². The molecule has 0 bridgehead atoms. The normalized spacial score (nSPS) is 12.1. The predicted octanol–water partition coefficient (Wildman–Crippen LogP) is 1.48. The molecule has 0 fully saturated rings. The molecule has 0 saturated heterocycles. The molecule has 0 spiro atoms. The minimum Gasteiger partial charge on any atom is -0.460 e. The van der Waals surface area contributed by atoms with Crippen LogP contribution in [-0.2, 0) is 16.6 Å². The molecule has 1 aromatic carbocycles. The van der Waals surface area contributed by atoms with E-state index in [4.69, 9.17) is 4.42 Å². The van der Waals surface area contributed by atoms with E-state index in [9.17, 15) is 8.42 Å². The summed E-state index contributed by atoms with van der Waals surface area (Å²) < 4.78 is 29.5. The van der Waals surface area contributed by atoms with Crippen LogP contribution in [0.3, 0.4) is 0 Å². The Hall–Kier alpha value is -1.33. The molecule has 15 heavy (non-hydrogen) atoms. The van der Waals surface area contributed by atoms with Gasteiger partial charge in [-0.25, -0.2) is 13.1 Å². The Labute approximate surface area is 87.9 Å². The van der Waals surface area contributed by atoms with Gasteiger partial charge in [-0.3, -0.25) is 0 Å². The third-order valence-corrected chi connectivity index (χ3v) is 2.65. The molecule has 1 heterocycles. The highest BCUT2D eigenvalue weighted by Gasteiger charge is 2.05. The summed E-state index contributed by atoms with van der Waals surface area (Å²) in [4.78, 5) is 0. The molecule has 5 heteroatoms. The zero-order valence-electron chi connectivity index (χ0n) is 8.23. The lowest BCUT2D eigenvalue weighted by atomic mass is 10.2. The first-order valence-electron chi connectivity index (χ1n) is 4.47. The van der Waals surface area contributed by atoms with Gasteiger partial charge in [0.05, 0.1) is 12.8 Å². The zero-order valence-corrected chi connectivity index (χ0v) is 9.04. The Morgan fingerprint density at radius 2 is 2.07 bits per heavy atom. The molecule has 0 atom stereocenters. The second-order valence-electron chi connectivity index (χ2n) is 3.34. The quantitative estimate of drug-likeness (QED) is 0.860. The van der Waals surface area contributed by atoms with E-state index in [0.29, 0.717) is 5.76 Å². The summed E-state index contributed by atoms with van der Waals surface area (Å²) >= 11 is 0. The van der Waals surface area contributed by atoms with Gasteiger partial charge >= 0.3 is 0 Å². The van der Waals surface area contributed by atoms with Gasteiger partial charge in [0.1, 0.15) is 11.3 Å². The van der Waals surface area contributed by atoms with Crippen molar-refractivity contribution in [3.05, 3.63) is 36.1 Å². The first kappa shape index (κ1) is 10.2. The number of fused-ring (bicyclic) bond motifs is 1. The van der Waals surface area contributed by atoms with Gasteiger partial charge in [0.2, 0.25) is 10.0 Å². The Morgan fingerprint density at radius 1 is 1.33 bits per heavy atom. The van der Waals surface area contributed by atoms with Crippen LogP contribution in [0.25, 0.3) is 11.0 Å². The van der Waals surface area contributed by atoms with Crippen LogP contribution in [-0.4, -0.2) is 14.7 Å². The number of para-hydroxylation sites is 1. The van der Waals surface area contributed by atoms with Crippen molar-refractivity contribution in [2.24, 2.45) is 0 Å². The van der Waals surface area contributed by atoms with Gasteiger partial charge < -0.3 is 4.42 Å². The summed E-state index contributed by atoms with van der Waals surface area (Å²) in [5.41, 5.74) is 0.766. The molecule has 0 unspecified atom stereocenters. The van der Waals surface area contributed by atoms with Crippen molar-refractivity contribution in [2.45, 2.75) is 6.54 Å². The third-order valence-electron chi connectivity index (χ3n) is 1.99. The molecule has 2 rings (SSSR count). The van der Waals surface area contributed by atoms with E-state index in [0.717, 1.165) is 17.2 Å². The highest BCUT2D eigenvalue weighted by Crippen LogP contribution is 2.18. The minimum absolute atomic E-state index is 0.188. The second kappa shape index (κ2) is 3.67. The van der Waals surface area contributed by atoms with Crippen LogP contribution in [0.5, 0.6) is 0 Å². The van der Waals surface area contributed by atoms with Crippen LogP contribution >= 0.6 is 0 Å². The lowest BCUT2D eigenvalue weighted by Crippen LogP contribution is -2.20. The first-order valence-corrected chi connectivity index (χ1v) is 6.36. The highest BCUT2D eigenvalue weighted by atomic mass is 32.2. The maximum atomic E-state index is 10.9. The molecule has 0 saturated carbocycles. The smallest absolute Gasteiger partial charge is 0.209 e. The lowest BCUT2D eigenvalue weighted by Gasteiger charge is -1.97. The molecule has 80 valence electrons. The predicted molar refractivity (Wildman–Crippen MR) is 57.9 cm³/mol. The van der Waals surface area contributed by atoms with Gasteiger partial charge in [-0.05, 0) is 12.1 Å². The standard InChI is InChI=1S/C10H11NO3S/c1-15(12,13)11-7-9-6-8-4-2-3-5-10(8)14-9/h2-6,11H,7H2,1H3. The van der Waals surface area contributed by atoms with Crippen LogP contribution in [0.4, 0.5) is 0 Å². The van der Waals surface area contributed by atoms with Crippen molar-refractivity contribution < 1.29 is 12.8 Å². The topological polar surface area (TPSA) is 59.3 Å². The Morgan fingerprint density at radius 3 is 2.73 bits per heavy atom. The van der Waals surface area contributed by atoms with E-state index in [1.807, 2.05) is 30.3 Å². The molecular weight excluding hydrogens is 214 g/mol. The summed E-state index contributed by atoms with van der Waals surface area (Å²) in [5, 5.41) is 0.975. The largest absolute Gasteiger partial charge is 0.460 e. The maximum Gasteiger partial charge on any atom is 0.209 e. The van der Waals surface area contributed by atoms with E-state index in [1.165, 1.54) is 0 Å². The fourth-order valence-electron chi connectivity index (χ4n) is 1.33. The number of furan rings is 1. The average Bonchev–Trinajstić information content (AvgIpc) is 2.56. The monoisotopic (exact) mass is 225 g/mol. The van der Waals surface area contributed by atoms with Crippen molar-refractivity contribution >= 4 is 21.0 Å². The maximum absolute atomic E-state index is 10.9. The summed E-state index contributed by atoms with van der Waals surface area (Å²) in [7, 11) is -3.17. The molecule has 2 aromatic rings. The molecule has 4 nitrogen and oxygen atoms in total. The molecule has 0 aliphatic heterocycles. The van der Waals surface area contributed by atoms with Gasteiger partial charge in [0.25, 0.3) is 0 Å². The molecule has 0 radical (unpaired) electrons. The van der Waals surface area contributed by atoms with Gasteiger partial charge in [0, 0.05) is 5.39 Å². The van der Waals surface area contributed by atoms with Crippen molar-refractivity contribution in [1.82, 2.24) is 4.72 Å². The number of sulfonamides is 1. The Balaban J connectivity index is 2.23. The van der Waals surface area contributed by atoms with E-state index in [-0.39, 0.29) is 6.54 Å².